The molecule has 0 unspecified atom stereocenters. The van der Waals surface area contributed by atoms with Crippen LogP contribution in [0.25, 0.3) is 0 Å². The van der Waals surface area contributed by atoms with E-state index >= 15 is 0 Å². The molecule has 0 bridgehead atoms. The first-order chi connectivity index (χ1) is 11.3. The standard InChI is InChI=1S/C16H20F3N3O2/c1-22-10-12(7-8-14(22)24)21-13(23)9-20-15(16(17,18)19)11-5-3-2-4-6-11/h2-6,12,15,20H,7-10H2,1H3,(H,21,23)/t12-,15+/m1/s1. The van der Waals surface area contributed by atoms with Crippen LogP contribution in [0, 0.1) is 0 Å². The number of benzene rings is 1. The summed E-state index contributed by atoms with van der Waals surface area (Å²) in [7, 11) is 1.63. The van der Waals surface area contributed by atoms with Gasteiger partial charge in [0.1, 0.15) is 6.04 Å². The van der Waals surface area contributed by atoms with E-state index in [0.29, 0.717) is 19.4 Å². The lowest BCUT2D eigenvalue weighted by Gasteiger charge is -2.30. The average molecular weight is 343 g/mol. The smallest absolute Gasteiger partial charge is 0.350 e. The third kappa shape index (κ3) is 4.95. The Hall–Kier alpha value is -2.09. The Labute approximate surface area is 138 Å². The van der Waals surface area contributed by atoms with E-state index in [1.807, 2.05) is 0 Å². The fourth-order valence-electron chi connectivity index (χ4n) is 2.67. The third-order valence-electron chi connectivity index (χ3n) is 3.92. The molecule has 5 nitrogen and oxygen atoms in total. The summed E-state index contributed by atoms with van der Waals surface area (Å²) in [5.41, 5.74) is 0.0563. The van der Waals surface area contributed by atoms with Gasteiger partial charge in [0.2, 0.25) is 11.8 Å². The van der Waals surface area contributed by atoms with Crippen LogP contribution in [0.5, 0.6) is 0 Å². The first-order valence-electron chi connectivity index (χ1n) is 7.65. The van der Waals surface area contributed by atoms with E-state index in [-0.39, 0.29) is 17.5 Å². The highest BCUT2D eigenvalue weighted by atomic mass is 19.4. The summed E-state index contributed by atoms with van der Waals surface area (Å²) in [4.78, 5) is 24.8. The minimum absolute atomic E-state index is 0.000151. The molecule has 24 heavy (non-hydrogen) atoms. The monoisotopic (exact) mass is 343 g/mol. The van der Waals surface area contributed by atoms with Crippen molar-refractivity contribution in [2.75, 3.05) is 20.1 Å². The number of likely N-dealkylation sites (N-methyl/N-ethyl adjacent to an activating group) is 1. The number of hydrogen-bond acceptors (Lipinski definition) is 3. The number of alkyl halides is 3. The maximum atomic E-state index is 13.2. The molecular formula is C16H20F3N3O2. The Morgan fingerprint density at radius 1 is 1.33 bits per heavy atom. The second kappa shape index (κ2) is 7.65. The van der Waals surface area contributed by atoms with Crippen molar-refractivity contribution in [3.05, 3.63) is 35.9 Å². The summed E-state index contributed by atoms with van der Waals surface area (Å²) < 4.78 is 39.5. The van der Waals surface area contributed by atoms with Crippen molar-refractivity contribution >= 4 is 11.8 Å². The normalized spacial score (nSPS) is 19.9. The van der Waals surface area contributed by atoms with Crippen LogP contribution in [0.15, 0.2) is 30.3 Å². The van der Waals surface area contributed by atoms with Crippen molar-refractivity contribution in [2.24, 2.45) is 0 Å². The molecule has 8 heteroatoms. The second-order valence-corrected chi connectivity index (χ2v) is 5.84. The number of piperidine rings is 1. The summed E-state index contributed by atoms with van der Waals surface area (Å²) in [6, 6.07) is 5.26. The highest BCUT2D eigenvalue weighted by Gasteiger charge is 2.40. The number of halogens is 3. The number of amides is 2. The summed E-state index contributed by atoms with van der Waals surface area (Å²) in [5, 5.41) is 4.93. The van der Waals surface area contributed by atoms with Crippen LogP contribution in [0.2, 0.25) is 0 Å². The molecule has 0 radical (unpaired) electrons. The van der Waals surface area contributed by atoms with Crippen LogP contribution < -0.4 is 10.6 Å². The average Bonchev–Trinajstić information content (AvgIpc) is 2.51. The van der Waals surface area contributed by atoms with Gasteiger partial charge in [-0.05, 0) is 12.0 Å². The molecule has 0 aromatic heterocycles. The summed E-state index contributed by atoms with van der Waals surface area (Å²) in [6.45, 7) is -0.0841. The van der Waals surface area contributed by atoms with Crippen molar-refractivity contribution in [3.8, 4) is 0 Å². The van der Waals surface area contributed by atoms with Gasteiger partial charge in [0, 0.05) is 26.1 Å². The summed E-state index contributed by atoms with van der Waals surface area (Å²) >= 11 is 0. The number of hydrogen-bond donors (Lipinski definition) is 2. The van der Waals surface area contributed by atoms with Gasteiger partial charge in [0.15, 0.2) is 0 Å². The Bertz CT molecular complexity index is 578. The zero-order chi connectivity index (χ0) is 17.7. The number of nitrogens with zero attached hydrogens (tertiary/aromatic N) is 1. The van der Waals surface area contributed by atoms with Crippen molar-refractivity contribution < 1.29 is 22.8 Å². The predicted octanol–water partition coefficient (Wildman–Crippen LogP) is 1.62. The Morgan fingerprint density at radius 2 is 2.00 bits per heavy atom. The van der Waals surface area contributed by atoms with Crippen LogP contribution in [0.3, 0.4) is 0 Å². The van der Waals surface area contributed by atoms with Gasteiger partial charge < -0.3 is 10.2 Å². The van der Waals surface area contributed by atoms with Crippen LogP contribution in [-0.4, -0.2) is 49.1 Å². The van der Waals surface area contributed by atoms with E-state index in [1.54, 1.807) is 13.1 Å². The Morgan fingerprint density at radius 3 is 2.58 bits per heavy atom. The molecule has 2 amide bonds. The van der Waals surface area contributed by atoms with Gasteiger partial charge in [-0.15, -0.1) is 0 Å². The topological polar surface area (TPSA) is 61.4 Å². The van der Waals surface area contributed by atoms with Gasteiger partial charge in [-0.1, -0.05) is 30.3 Å². The third-order valence-corrected chi connectivity index (χ3v) is 3.92. The first kappa shape index (κ1) is 18.3. The van der Waals surface area contributed by atoms with Crippen LogP contribution >= 0.6 is 0 Å². The molecule has 1 aliphatic rings. The molecule has 2 atom stereocenters. The van der Waals surface area contributed by atoms with Crippen molar-refractivity contribution in [1.29, 1.82) is 0 Å². The summed E-state index contributed by atoms with van der Waals surface area (Å²) in [6.07, 6.45) is -3.68. The van der Waals surface area contributed by atoms with E-state index in [4.69, 9.17) is 0 Å². The van der Waals surface area contributed by atoms with E-state index in [9.17, 15) is 22.8 Å². The number of carbonyl (C=O) groups is 2. The number of rotatable bonds is 5. The van der Waals surface area contributed by atoms with Crippen LogP contribution in [-0.2, 0) is 9.59 Å². The molecule has 0 spiro atoms. The lowest BCUT2D eigenvalue weighted by Crippen LogP contribution is -2.51. The quantitative estimate of drug-likeness (QED) is 0.854. The molecule has 1 heterocycles. The van der Waals surface area contributed by atoms with E-state index in [1.165, 1.54) is 29.2 Å². The predicted molar refractivity (Wildman–Crippen MR) is 82.0 cm³/mol. The first-order valence-corrected chi connectivity index (χ1v) is 7.65. The van der Waals surface area contributed by atoms with Crippen molar-refractivity contribution in [3.63, 3.8) is 0 Å². The van der Waals surface area contributed by atoms with Gasteiger partial charge >= 0.3 is 6.18 Å². The molecule has 2 N–H and O–H groups in total. The number of carbonyl (C=O) groups excluding carboxylic acids is 2. The number of nitrogens with one attached hydrogen (secondary N) is 2. The molecule has 1 aromatic rings. The molecular weight excluding hydrogens is 323 g/mol. The lowest BCUT2D eigenvalue weighted by atomic mass is 10.1. The van der Waals surface area contributed by atoms with Crippen molar-refractivity contribution in [1.82, 2.24) is 15.5 Å². The number of likely N-dealkylation sites (tertiary alicyclic amines) is 1. The van der Waals surface area contributed by atoms with Crippen LogP contribution in [0.1, 0.15) is 24.4 Å². The molecule has 0 aliphatic carbocycles. The molecule has 1 saturated heterocycles. The second-order valence-electron chi connectivity index (χ2n) is 5.84. The Kier molecular flexibility index (Phi) is 5.82. The fourth-order valence-corrected chi connectivity index (χ4v) is 2.67. The molecule has 2 rings (SSSR count). The van der Waals surface area contributed by atoms with Gasteiger partial charge in [-0.2, -0.15) is 13.2 Å². The largest absolute Gasteiger partial charge is 0.407 e. The van der Waals surface area contributed by atoms with Gasteiger partial charge in [0.25, 0.3) is 0 Å². The zero-order valence-corrected chi connectivity index (χ0v) is 13.3. The maximum absolute atomic E-state index is 13.2. The lowest BCUT2D eigenvalue weighted by molar-refractivity contribution is -0.158. The van der Waals surface area contributed by atoms with Gasteiger partial charge in [0.05, 0.1) is 6.54 Å². The van der Waals surface area contributed by atoms with Gasteiger partial charge in [-0.25, -0.2) is 0 Å². The minimum atomic E-state index is -4.50. The van der Waals surface area contributed by atoms with Gasteiger partial charge in [-0.3, -0.25) is 14.9 Å². The highest BCUT2D eigenvalue weighted by Crippen LogP contribution is 2.32. The fraction of sp³-hybridized carbons (Fsp3) is 0.500. The van der Waals surface area contributed by atoms with E-state index in [2.05, 4.69) is 10.6 Å². The molecule has 132 valence electrons. The minimum Gasteiger partial charge on any atom is -0.350 e. The summed E-state index contributed by atoms with van der Waals surface area (Å²) in [5.74, 6) is -0.521. The van der Waals surface area contributed by atoms with Crippen molar-refractivity contribution in [2.45, 2.75) is 31.1 Å². The zero-order valence-electron chi connectivity index (χ0n) is 13.3. The molecule has 1 aromatic carbocycles. The SMILES string of the molecule is CN1C[C@H](NC(=O)CN[C@@H](c2ccccc2)C(F)(F)F)CCC1=O. The van der Waals surface area contributed by atoms with E-state index in [0.717, 1.165) is 0 Å². The molecule has 1 fully saturated rings. The highest BCUT2D eigenvalue weighted by molar-refractivity contribution is 5.80. The molecule has 1 aliphatic heterocycles. The molecule has 0 saturated carbocycles. The van der Waals surface area contributed by atoms with Crippen LogP contribution in [0.4, 0.5) is 13.2 Å². The van der Waals surface area contributed by atoms with E-state index < -0.39 is 24.7 Å². The Balaban J connectivity index is 1.90. The maximum Gasteiger partial charge on any atom is 0.407 e.